The molecule has 0 saturated carbocycles. The predicted octanol–water partition coefficient (Wildman–Crippen LogP) is 11.9. The Balaban J connectivity index is 1.32. The highest BCUT2D eigenvalue weighted by atomic mass is 16.3. The standard InChI is InChI=1S/C46H31N3O/c1-46(2)38-25-11-9-19-31(38)36-27-37(33-22-13-21-30(40(33)41(36)46)28-15-5-3-6-16-28)45-48-43(29-17-7-4-8-18-29)47-44(49-45)35-24-14-23-34-32-20-10-12-26-39(32)50-42(34)35/h3-27H,1-2H3. The van der Waals surface area contributed by atoms with E-state index in [4.69, 9.17) is 19.4 Å². The summed E-state index contributed by atoms with van der Waals surface area (Å²) in [6.45, 7) is 4.70. The maximum Gasteiger partial charge on any atom is 0.167 e. The fourth-order valence-electron chi connectivity index (χ4n) is 8.03. The molecule has 2 aromatic heterocycles. The third-order valence-electron chi connectivity index (χ3n) is 10.3. The summed E-state index contributed by atoms with van der Waals surface area (Å²) in [6, 6.07) is 53.0. The highest BCUT2D eigenvalue weighted by Gasteiger charge is 2.38. The van der Waals surface area contributed by atoms with Crippen LogP contribution in [0.3, 0.4) is 0 Å². The molecule has 0 spiro atoms. The fraction of sp³-hybridized carbons (Fsp3) is 0.0652. The lowest BCUT2D eigenvalue weighted by molar-refractivity contribution is 0.666. The van der Waals surface area contributed by atoms with E-state index in [1.807, 2.05) is 42.5 Å². The van der Waals surface area contributed by atoms with Crippen LogP contribution in [0.5, 0.6) is 0 Å². The Hall–Kier alpha value is -6.39. The summed E-state index contributed by atoms with van der Waals surface area (Å²) in [7, 11) is 0. The molecule has 4 heteroatoms. The van der Waals surface area contributed by atoms with E-state index in [0.29, 0.717) is 17.5 Å². The van der Waals surface area contributed by atoms with Crippen LogP contribution in [0.25, 0.3) is 89.1 Å². The normalized spacial score (nSPS) is 13.2. The molecule has 1 aliphatic rings. The van der Waals surface area contributed by atoms with Crippen LogP contribution in [0.2, 0.25) is 0 Å². The summed E-state index contributed by atoms with van der Waals surface area (Å²) in [5, 5.41) is 4.45. The Morgan fingerprint density at radius 3 is 1.82 bits per heavy atom. The second-order valence-corrected chi connectivity index (χ2v) is 13.6. The Kier molecular flexibility index (Phi) is 6.19. The van der Waals surface area contributed by atoms with E-state index in [2.05, 4.69) is 123 Å². The molecule has 0 unspecified atom stereocenters. The number of furan rings is 1. The van der Waals surface area contributed by atoms with Gasteiger partial charge in [-0.1, -0.05) is 147 Å². The minimum Gasteiger partial charge on any atom is -0.455 e. The average Bonchev–Trinajstić information content (AvgIpc) is 3.67. The van der Waals surface area contributed by atoms with Gasteiger partial charge in [0.05, 0.1) is 5.56 Å². The first-order valence-corrected chi connectivity index (χ1v) is 17.0. The van der Waals surface area contributed by atoms with Gasteiger partial charge in [0, 0.05) is 27.3 Å². The smallest absolute Gasteiger partial charge is 0.167 e. The van der Waals surface area contributed by atoms with Gasteiger partial charge in [-0.05, 0) is 62.4 Å². The lowest BCUT2D eigenvalue weighted by atomic mass is 9.78. The molecule has 1 aliphatic carbocycles. The lowest BCUT2D eigenvalue weighted by Crippen LogP contribution is -2.16. The van der Waals surface area contributed by atoms with E-state index in [1.54, 1.807) is 0 Å². The molecule has 10 rings (SSSR count). The second kappa shape index (κ2) is 10.8. The van der Waals surface area contributed by atoms with Gasteiger partial charge in [-0.25, -0.2) is 15.0 Å². The van der Waals surface area contributed by atoms with Crippen molar-refractivity contribution in [3.05, 3.63) is 163 Å². The van der Waals surface area contributed by atoms with Gasteiger partial charge in [0.2, 0.25) is 0 Å². The van der Waals surface area contributed by atoms with E-state index in [-0.39, 0.29) is 5.41 Å². The van der Waals surface area contributed by atoms with Gasteiger partial charge in [-0.2, -0.15) is 0 Å². The highest BCUT2D eigenvalue weighted by Crippen LogP contribution is 2.54. The molecular weight excluding hydrogens is 611 g/mol. The maximum absolute atomic E-state index is 6.49. The number of para-hydroxylation sites is 2. The van der Waals surface area contributed by atoms with Gasteiger partial charge in [-0.3, -0.25) is 0 Å². The maximum atomic E-state index is 6.49. The molecule has 236 valence electrons. The van der Waals surface area contributed by atoms with E-state index in [0.717, 1.165) is 44.0 Å². The molecule has 0 radical (unpaired) electrons. The number of hydrogen-bond acceptors (Lipinski definition) is 4. The minimum atomic E-state index is -0.204. The summed E-state index contributed by atoms with van der Waals surface area (Å²) in [4.78, 5) is 15.7. The summed E-state index contributed by atoms with van der Waals surface area (Å²) in [6.07, 6.45) is 0. The van der Waals surface area contributed by atoms with Crippen molar-refractivity contribution in [3.63, 3.8) is 0 Å². The number of hydrogen-bond donors (Lipinski definition) is 0. The number of benzene rings is 7. The van der Waals surface area contributed by atoms with Gasteiger partial charge in [-0.15, -0.1) is 0 Å². The molecule has 0 fully saturated rings. The molecule has 2 heterocycles. The number of fused-ring (bicyclic) bond motifs is 8. The monoisotopic (exact) mass is 641 g/mol. The van der Waals surface area contributed by atoms with Crippen LogP contribution in [0.15, 0.2) is 156 Å². The van der Waals surface area contributed by atoms with Crippen LogP contribution in [-0.4, -0.2) is 15.0 Å². The van der Waals surface area contributed by atoms with Crippen molar-refractivity contribution in [1.82, 2.24) is 15.0 Å². The molecule has 7 aromatic carbocycles. The van der Waals surface area contributed by atoms with Crippen LogP contribution in [0.1, 0.15) is 25.0 Å². The number of aromatic nitrogens is 3. The summed E-state index contributed by atoms with van der Waals surface area (Å²) in [5.41, 5.74) is 11.7. The van der Waals surface area contributed by atoms with Crippen molar-refractivity contribution < 1.29 is 4.42 Å². The first-order valence-electron chi connectivity index (χ1n) is 17.0. The zero-order valence-electron chi connectivity index (χ0n) is 27.7. The molecule has 4 nitrogen and oxygen atoms in total. The quantitative estimate of drug-likeness (QED) is 0.192. The highest BCUT2D eigenvalue weighted by molar-refractivity contribution is 6.12. The van der Waals surface area contributed by atoms with E-state index in [1.165, 1.54) is 38.8 Å². The van der Waals surface area contributed by atoms with Crippen LogP contribution in [0, 0.1) is 0 Å². The predicted molar refractivity (Wildman–Crippen MR) is 204 cm³/mol. The fourth-order valence-corrected chi connectivity index (χ4v) is 8.03. The molecule has 0 saturated heterocycles. The molecule has 0 amide bonds. The van der Waals surface area contributed by atoms with Crippen molar-refractivity contribution in [2.45, 2.75) is 19.3 Å². The Morgan fingerprint density at radius 1 is 0.440 bits per heavy atom. The third kappa shape index (κ3) is 4.21. The SMILES string of the molecule is CC1(C)c2ccccc2-c2cc(-c3nc(-c4ccccc4)nc(-c4cccc5c4oc4ccccc45)n3)c3cccc(-c4ccccc4)c3c21. The van der Waals surface area contributed by atoms with Gasteiger partial charge in [0.15, 0.2) is 17.5 Å². The number of nitrogens with zero attached hydrogens (tertiary/aromatic N) is 3. The summed E-state index contributed by atoms with van der Waals surface area (Å²) < 4.78 is 6.49. The first kappa shape index (κ1) is 28.6. The van der Waals surface area contributed by atoms with Gasteiger partial charge in [0.25, 0.3) is 0 Å². The second-order valence-electron chi connectivity index (χ2n) is 13.6. The Labute approximate surface area is 289 Å². The van der Waals surface area contributed by atoms with Crippen LogP contribution < -0.4 is 0 Å². The molecule has 0 N–H and O–H groups in total. The van der Waals surface area contributed by atoms with E-state index in [9.17, 15) is 0 Å². The minimum absolute atomic E-state index is 0.204. The third-order valence-corrected chi connectivity index (χ3v) is 10.3. The zero-order valence-corrected chi connectivity index (χ0v) is 27.7. The molecule has 0 aliphatic heterocycles. The Morgan fingerprint density at radius 2 is 1.02 bits per heavy atom. The van der Waals surface area contributed by atoms with Crippen LogP contribution in [-0.2, 0) is 5.41 Å². The van der Waals surface area contributed by atoms with Gasteiger partial charge in [0.1, 0.15) is 11.2 Å². The van der Waals surface area contributed by atoms with Crippen LogP contribution >= 0.6 is 0 Å². The first-order chi connectivity index (χ1) is 24.6. The molecule has 50 heavy (non-hydrogen) atoms. The average molecular weight is 642 g/mol. The van der Waals surface area contributed by atoms with Crippen molar-refractivity contribution >= 4 is 32.7 Å². The summed E-state index contributed by atoms with van der Waals surface area (Å²) in [5.74, 6) is 1.82. The topological polar surface area (TPSA) is 51.8 Å². The van der Waals surface area contributed by atoms with Gasteiger partial charge >= 0.3 is 0 Å². The number of rotatable bonds is 4. The van der Waals surface area contributed by atoms with Crippen molar-refractivity contribution in [2.24, 2.45) is 0 Å². The van der Waals surface area contributed by atoms with Crippen LogP contribution in [0.4, 0.5) is 0 Å². The van der Waals surface area contributed by atoms with Crippen molar-refractivity contribution in [1.29, 1.82) is 0 Å². The van der Waals surface area contributed by atoms with Crippen molar-refractivity contribution in [2.75, 3.05) is 0 Å². The van der Waals surface area contributed by atoms with E-state index < -0.39 is 0 Å². The van der Waals surface area contributed by atoms with E-state index >= 15 is 0 Å². The zero-order chi connectivity index (χ0) is 33.4. The molecular formula is C46H31N3O. The molecule has 9 aromatic rings. The largest absolute Gasteiger partial charge is 0.455 e. The van der Waals surface area contributed by atoms with Crippen molar-refractivity contribution in [3.8, 4) is 56.4 Å². The van der Waals surface area contributed by atoms with Gasteiger partial charge < -0.3 is 4.42 Å². The Bertz CT molecular complexity index is 2780. The lowest BCUT2D eigenvalue weighted by Gasteiger charge is -2.25. The summed E-state index contributed by atoms with van der Waals surface area (Å²) >= 11 is 0. The molecule has 0 bridgehead atoms. The molecule has 0 atom stereocenters.